The Kier molecular flexibility index (Phi) is 4.30. The Labute approximate surface area is 103 Å². The predicted molar refractivity (Wildman–Crippen MR) is 66.1 cm³/mol. The lowest BCUT2D eigenvalue weighted by Gasteiger charge is -2.14. The maximum absolute atomic E-state index is 10.1. The molecule has 0 aliphatic rings. The van der Waals surface area contributed by atoms with Gasteiger partial charge in [-0.25, -0.2) is 10.1 Å². The van der Waals surface area contributed by atoms with Gasteiger partial charge in [0, 0.05) is 6.07 Å². The van der Waals surface area contributed by atoms with Gasteiger partial charge in [-0.2, -0.15) is 0 Å². The number of phenols is 1. The Morgan fingerprint density at radius 2 is 2.28 bits per heavy atom. The van der Waals surface area contributed by atoms with E-state index in [0.717, 1.165) is 0 Å². The van der Waals surface area contributed by atoms with E-state index in [1.54, 1.807) is 0 Å². The molecule has 18 heavy (non-hydrogen) atoms. The third kappa shape index (κ3) is 4.16. The van der Waals surface area contributed by atoms with E-state index in [2.05, 4.69) is 10.4 Å². The number of nitrogens with one attached hydrogen (secondary N) is 1. The highest BCUT2D eigenvalue weighted by atomic mass is 16.7. The third-order valence-electron chi connectivity index (χ3n) is 1.78. The van der Waals surface area contributed by atoms with Crippen LogP contribution in [0.4, 0.5) is 5.69 Å². The number of nitrogens with two attached hydrogens (primary N) is 1. The summed E-state index contributed by atoms with van der Waals surface area (Å²) in [5.41, 5.74) is 5.70. The standard InChI is InChI=1S/C10H14N4O4/c1-6(2)18-9-5-7(15)3-4-8(9)12-10(11)13-14(16)17/h3-6,15H,1-2H3,(H3,11,12,13). The summed E-state index contributed by atoms with van der Waals surface area (Å²) in [6.45, 7) is 3.62. The number of benzene rings is 1. The third-order valence-corrected chi connectivity index (χ3v) is 1.78. The van der Waals surface area contributed by atoms with E-state index >= 15 is 0 Å². The molecule has 0 aromatic heterocycles. The molecule has 0 aliphatic heterocycles. The molecule has 0 unspecified atom stereocenters. The van der Waals surface area contributed by atoms with Gasteiger partial charge in [0.25, 0.3) is 5.96 Å². The van der Waals surface area contributed by atoms with Crippen molar-refractivity contribution >= 4 is 11.6 Å². The fourth-order valence-electron chi connectivity index (χ4n) is 1.22. The maximum atomic E-state index is 10.1. The smallest absolute Gasteiger partial charge is 0.270 e. The summed E-state index contributed by atoms with van der Waals surface area (Å²) < 4.78 is 5.43. The van der Waals surface area contributed by atoms with Crippen molar-refractivity contribution in [1.29, 1.82) is 0 Å². The summed E-state index contributed by atoms with van der Waals surface area (Å²) in [5.74, 6) is -0.0354. The van der Waals surface area contributed by atoms with E-state index in [0.29, 0.717) is 11.4 Å². The number of anilines is 1. The molecule has 0 saturated carbocycles. The fraction of sp³-hybridized carbons (Fsp3) is 0.300. The van der Waals surface area contributed by atoms with Crippen molar-refractivity contribution in [2.45, 2.75) is 20.0 Å². The first kappa shape index (κ1) is 13.6. The molecule has 8 heteroatoms. The van der Waals surface area contributed by atoms with Crippen molar-refractivity contribution in [3.8, 4) is 11.5 Å². The summed E-state index contributed by atoms with van der Waals surface area (Å²) in [6, 6.07) is 4.26. The van der Waals surface area contributed by atoms with E-state index in [-0.39, 0.29) is 17.8 Å². The molecule has 0 atom stereocenters. The largest absolute Gasteiger partial charge is 0.508 e. The molecule has 0 radical (unpaired) electrons. The lowest BCUT2D eigenvalue weighted by atomic mass is 10.2. The average molecular weight is 254 g/mol. The Hall–Kier alpha value is -2.51. The van der Waals surface area contributed by atoms with Crippen molar-refractivity contribution < 1.29 is 14.9 Å². The van der Waals surface area contributed by atoms with E-state index < -0.39 is 5.03 Å². The highest BCUT2D eigenvalue weighted by molar-refractivity contribution is 5.93. The van der Waals surface area contributed by atoms with Crippen molar-refractivity contribution in [3.63, 3.8) is 0 Å². The van der Waals surface area contributed by atoms with Gasteiger partial charge < -0.3 is 20.9 Å². The number of ether oxygens (including phenoxy) is 1. The van der Waals surface area contributed by atoms with Gasteiger partial charge in [0.2, 0.25) is 0 Å². The molecule has 0 fully saturated rings. The average Bonchev–Trinajstić information content (AvgIpc) is 2.20. The normalized spacial score (nSPS) is 11.4. The second-order valence-electron chi connectivity index (χ2n) is 3.70. The number of nitrogens with zero attached hydrogens (tertiary/aromatic N) is 2. The van der Waals surface area contributed by atoms with Crippen LogP contribution in [0.15, 0.2) is 23.3 Å². The van der Waals surface area contributed by atoms with E-state index in [9.17, 15) is 15.2 Å². The molecule has 0 amide bonds. The summed E-state index contributed by atoms with van der Waals surface area (Å²) >= 11 is 0. The summed E-state index contributed by atoms with van der Waals surface area (Å²) in [6.07, 6.45) is -0.124. The number of hydrogen-bond donors (Lipinski definition) is 3. The molecule has 1 rings (SSSR count). The van der Waals surface area contributed by atoms with Crippen LogP contribution in [0.3, 0.4) is 0 Å². The monoisotopic (exact) mass is 254 g/mol. The van der Waals surface area contributed by atoms with E-state index in [1.807, 2.05) is 13.8 Å². The van der Waals surface area contributed by atoms with Crippen LogP contribution >= 0.6 is 0 Å². The van der Waals surface area contributed by atoms with Crippen molar-refractivity contribution in [3.05, 3.63) is 28.3 Å². The first-order chi connectivity index (χ1) is 8.38. The molecule has 1 aromatic carbocycles. The molecular formula is C10H14N4O4. The molecule has 0 heterocycles. The summed E-state index contributed by atoms with van der Waals surface area (Å²) in [4.78, 5) is 10.1. The zero-order chi connectivity index (χ0) is 13.7. The maximum Gasteiger partial charge on any atom is 0.270 e. The highest BCUT2D eigenvalue weighted by Crippen LogP contribution is 2.29. The Balaban J connectivity index is 2.97. The van der Waals surface area contributed by atoms with Crippen LogP contribution in [0.1, 0.15) is 13.8 Å². The molecule has 8 nitrogen and oxygen atoms in total. The Bertz CT molecular complexity index is 473. The molecule has 1 aromatic rings. The van der Waals surface area contributed by atoms with Gasteiger partial charge in [-0.05, 0) is 26.0 Å². The predicted octanol–water partition coefficient (Wildman–Crippen LogP) is 1.10. The summed E-state index contributed by atoms with van der Waals surface area (Å²) in [5, 5.41) is 24.0. The van der Waals surface area contributed by atoms with Crippen molar-refractivity contribution in [2.24, 2.45) is 10.8 Å². The van der Waals surface area contributed by atoms with Crippen molar-refractivity contribution in [2.75, 3.05) is 5.32 Å². The first-order valence-corrected chi connectivity index (χ1v) is 5.13. The van der Waals surface area contributed by atoms with Gasteiger partial charge in [-0.15, -0.1) is 0 Å². The van der Waals surface area contributed by atoms with Crippen LogP contribution in [0, 0.1) is 10.1 Å². The lowest BCUT2D eigenvalue weighted by molar-refractivity contribution is -0.485. The Morgan fingerprint density at radius 3 is 2.83 bits per heavy atom. The molecule has 0 saturated heterocycles. The van der Waals surface area contributed by atoms with Gasteiger partial charge in [0.05, 0.1) is 11.8 Å². The minimum Gasteiger partial charge on any atom is -0.508 e. The number of hydrazone groups is 1. The van der Waals surface area contributed by atoms with Gasteiger partial charge in [-0.3, -0.25) is 0 Å². The van der Waals surface area contributed by atoms with Gasteiger partial charge in [-0.1, -0.05) is 0 Å². The highest BCUT2D eigenvalue weighted by Gasteiger charge is 2.09. The van der Waals surface area contributed by atoms with Crippen LogP contribution in [-0.2, 0) is 0 Å². The quantitative estimate of drug-likeness (QED) is 0.243. The minimum absolute atomic E-state index is 0.0148. The molecule has 4 N–H and O–H groups in total. The van der Waals surface area contributed by atoms with Gasteiger partial charge in [0.15, 0.2) is 5.03 Å². The number of aromatic hydroxyl groups is 1. The van der Waals surface area contributed by atoms with Gasteiger partial charge >= 0.3 is 0 Å². The zero-order valence-corrected chi connectivity index (χ0v) is 9.95. The van der Waals surface area contributed by atoms with E-state index in [4.69, 9.17) is 10.5 Å². The van der Waals surface area contributed by atoms with Crippen LogP contribution in [0.5, 0.6) is 11.5 Å². The second kappa shape index (κ2) is 5.71. The zero-order valence-electron chi connectivity index (χ0n) is 9.95. The molecular weight excluding hydrogens is 240 g/mol. The number of guanidine groups is 1. The SMILES string of the molecule is CC(C)Oc1cc(O)ccc1N/C(N)=N/[N+](=O)[O-]. The Morgan fingerprint density at radius 1 is 1.61 bits per heavy atom. The van der Waals surface area contributed by atoms with Crippen molar-refractivity contribution in [1.82, 2.24) is 0 Å². The van der Waals surface area contributed by atoms with Crippen LogP contribution in [0.2, 0.25) is 0 Å². The van der Waals surface area contributed by atoms with Crippen LogP contribution in [-0.4, -0.2) is 22.2 Å². The number of rotatable bonds is 4. The second-order valence-corrected chi connectivity index (χ2v) is 3.70. The number of nitro groups is 1. The van der Waals surface area contributed by atoms with Crippen LogP contribution < -0.4 is 15.8 Å². The minimum atomic E-state index is -0.911. The topological polar surface area (TPSA) is 123 Å². The molecule has 0 spiro atoms. The van der Waals surface area contributed by atoms with Gasteiger partial charge in [0.1, 0.15) is 16.6 Å². The fourth-order valence-corrected chi connectivity index (χ4v) is 1.22. The summed E-state index contributed by atoms with van der Waals surface area (Å²) in [7, 11) is 0. The molecule has 0 bridgehead atoms. The molecule has 0 aliphatic carbocycles. The van der Waals surface area contributed by atoms with Crippen LogP contribution in [0.25, 0.3) is 0 Å². The first-order valence-electron chi connectivity index (χ1n) is 5.13. The number of hydrogen-bond acceptors (Lipinski definition) is 4. The lowest BCUT2D eigenvalue weighted by Crippen LogP contribution is -2.24. The molecule has 98 valence electrons. The van der Waals surface area contributed by atoms with E-state index in [1.165, 1.54) is 18.2 Å². The number of phenolic OH excluding ortho intramolecular Hbond substituents is 1.